The summed E-state index contributed by atoms with van der Waals surface area (Å²) in [6, 6.07) is 11.4. The van der Waals surface area contributed by atoms with E-state index in [1.54, 1.807) is 13.0 Å². The van der Waals surface area contributed by atoms with Crippen molar-refractivity contribution in [3.63, 3.8) is 0 Å². The topological polar surface area (TPSA) is 54.0 Å². The number of aryl methyl sites for hydroxylation is 1. The molecule has 20 heavy (non-hydrogen) atoms. The molecule has 3 heteroatoms. The Morgan fingerprint density at radius 3 is 2.25 bits per heavy atom. The van der Waals surface area contributed by atoms with Crippen LogP contribution in [0.2, 0.25) is 0 Å². The SMILES string of the molecule is Cc1cc(C(=O)C(C#N)c2ccc(C(C)C)cc2)co1. The van der Waals surface area contributed by atoms with Crippen molar-refractivity contribution in [1.82, 2.24) is 0 Å². The van der Waals surface area contributed by atoms with Crippen LogP contribution in [0.5, 0.6) is 0 Å². The number of nitrogens with zero attached hydrogens (tertiary/aromatic N) is 1. The van der Waals surface area contributed by atoms with E-state index in [1.165, 1.54) is 11.8 Å². The lowest BCUT2D eigenvalue weighted by Gasteiger charge is -2.10. The second-order valence-corrected chi connectivity index (χ2v) is 5.19. The Morgan fingerprint density at radius 2 is 1.80 bits per heavy atom. The van der Waals surface area contributed by atoms with Gasteiger partial charge in [-0.05, 0) is 30.0 Å². The lowest BCUT2D eigenvalue weighted by atomic mass is 9.91. The van der Waals surface area contributed by atoms with Crippen LogP contribution in [0, 0.1) is 18.3 Å². The standard InChI is InChI=1S/C17H17NO2/c1-11(2)13-4-6-14(7-5-13)16(9-18)17(19)15-8-12(3)20-10-15/h4-8,10-11,16H,1-3H3. The number of benzene rings is 1. The molecule has 0 amide bonds. The molecule has 1 atom stereocenters. The first kappa shape index (κ1) is 14.1. The molecule has 0 saturated carbocycles. The maximum atomic E-state index is 12.3. The van der Waals surface area contributed by atoms with E-state index in [4.69, 9.17) is 4.42 Å². The molecular formula is C17H17NO2. The molecule has 0 spiro atoms. The normalized spacial score (nSPS) is 12.2. The van der Waals surface area contributed by atoms with Crippen LogP contribution >= 0.6 is 0 Å². The van der Waals surface area contributed by atoms with E-state index >= 15 is 0 Å². The number of carbonyl (C=O) groups excluding carboxylic acids is 1. The Labute approximate surface area is 118 Å². The smallest absolute Gasteiger partial charge is 0.187 e. The second-order valence-electron chi connectivity index (χ2n) is 5.19. The van der Waals surface area contributed by atoms with Gasteiger partial charge < -0.3 is 4.42 Å². The number of carbonyl (C=O) groups is 1. The van der Waals surface area contributed by atoms with Gasteiger partial charge in [0, 0.05) is 0 Å². The number of furan rings is 1. The highest BCUT2D eigenvalue weighted by Gasteiger charge is 2.23. The summed E-state index contributed by atoms with van der Waals surface area (Å²) in [5.41, 5.74) is 2.36. The average molecular weight is 267 g/mol. The van der Waals surface area contributed by atoms with E-state index in [2.05, 4.69) is 19.9 Å². The summed E-state index contributed by atoms with van der Waals surface area (Å²) in [5, 5.41) is 9.30. The van der Waals surface area contributed by atoms with E-state index in [-0.39, 0.29) is 5.78 Å². The first-order valence-corrected chi connectivity index (χ1v) is 6.61. The van der Waals surface area contributed by atoms with Crippen molar-refractivity contribution in [3.05, 3.63) is 59.0 Å². The molecule has 1 aromatic carbocycles. The molecule has 0 radical (unpaired) electrons. The lowest BCUT2D eigenvalue weighted by molar-refractivity contribution is 0.0978. The molecule has 2 aromatic rings. The van der Waals surface area contributed by atoms with Crippen LogP contribution < -0.4 is 0 Å². The predicted octanol–water partition coefficient (Wildman–Crippen LogP) is 4.20. The van der Waals surface area contributed by atoms with Crippen molar-refractivity contribution in [2.75, 3.05) is 0 Å². The van der Waals surface area contributed by atoms with Crippen LogP contribution in [0.15, 0.2) is 41.0 Å². The van der Waals surface area contributed by atoms with Gasteiger partial charge >= 0.3 is 0 Å². The van der Waals surface area contributed by atoms with Crippen molar-refractivity contribution in [2.45, 2.75) is 32.6 Å². The van der Waals surface area contributed by atoms with Crippen LogP contribution in [0.25, 0.3) is 0 Å². The number of Topliss-reactive ketones (excluding diaryl/α,β-unsaturated/α-hetero) is 1. The monoisotopic (exact) mass is 267 g/mol. The molecule has 0 aliphatic heterocycles. The van der Waals surface area contributed by atoms with Crippen LogP contribution in [-0.4, -0.2) is 5.78 Å². The Morgan fingerprint density at radius 1 is 1.20 bits per heavy atom. The fourth-order valence-electron chi connectivity index (χ4n) is 2.10. The number of hydrogen-bond acceptors (Lipinski definition) is 3. The van der Waals surface area contributed by atoms with Gasteiger partial charge in [0.25, 0.3) is 0 Å². The second kappa shape index (κ2) is 5.75. The number of ketones is 1. The van der Waals surface area contributed by atoms with Crippen molar-refractivity contribution in [1.29, 1.82) is 5.26 Å². The maximum Gasteiger partial charge on any atom is 0.187 e. The first-order chi connectivity index (χ1) is 9.52. The summed E-state index contributed by atoms with van der Waals surface area (Å²) in [5.74, 6) is 0.0897. The van der Waals surface area contributed by atoms with Gasteiger partial charge in [-0.25, -0.2) is 0 Å². The largest absolute Gasteiger partial charge is 0.469 e. The molecule has 1 unspecified atom stereocenters. The van der Waals surface area contributed by atoms with E-state index in [9.17, 15) is 10.1 Å². The van der Waals surface area contributed by atoms with Gasteiger partial charge in [0.05, 0.1) is 11.6 Å². The molecule has 0 fully saturated rings. The molecule has 1 aromatic heterocycles. The highest BCUT2D eigenvalue weighted by atomic mass is 16.3. The van der Waals surface area contributed by atoms with Gasteiger partial charge in [-0.1, -0.05) is 38.1 Å². The third kappa shape index (κ3) is 2.80. The predicted molar refractivity (Wildman–Crippen MR) is 76.7 cm³/mol. The molecule has 0 aliphatic carbocycles. The van der Waals surface area contributed by atoms with Crippen molar-refractivity contribution < 1.29 is 9.21 Å². The molecule has 1 heterocycles. The van der Waals surface area contributed by atoms with E-state index < -0.39 is 5.92 Å². The Hall–Kier alpha value is -2.34. The van der Waals surface area contributed by atoms with Gasteiger partial charge in [-0.3, -0.25) is 4.79 Å². The van der Waals surface area contributed by atoms with Gasteiger partial charge in [0.2, 0.25) is 0 Å². The summed E-state index contributed by atoms with van der Waals surface area (Å²) in [6.07, 6.45) is 1.41. The number of nitriles is 1. The molecule has 3 nitrogen and oxygen atoms in total. The van der Waals surface area contributed by atoms with Crippen LogP contribution in [0.4, 0.5) is 0 Å². The van der Waals surface area contributed by atoms with Crippen molar-refractivity contribution in [3.8, 4) is 6.07 Å². The maximum absolute atomic E-state index is 12.3. The summed E-state index contributed by atoms with van der Waals surface area (Å²) in [6.45, 7) is 5.99. The highest BCUT2D eigenvalue weighted by molar-refractivity contribution is 6.02. The fourth-order valence-corrected chi connectivity index (χ4v) is 2.10. The summed E-state index contributed by atoms with van der Waals surface area (Å²) in [7, 11) is 0. The number of rotatable bonds is 4. The fraction of sp³-hybridized carbons (Fsp3) is 0.294. The minimum absolute atomic E-state index is 0.221. The Balaban J connectivity index is 2.28. The molecule has 0 aliphatic rings. The van der Waals surface area contributed by atoms with E-state index in [0.29, 0.717) is 17.2 Å². The zero-order chi connectivity index (χ0) is 14.7. The quantitative estimate of drug-likeness (QED) is 0.780. The van der Waals surface area contributed by atoms with E-state index in [0.717, 1.165) is 5.56 Å². The van der Waals surface area contributed by atoms with E-state index in [1.807, 2.05) is 24.3 Å². The first-order valence-electron chi connectivity index (χ1n) is 6.61. The lowest BCUT2D eigenvalue weighted by Crippen LogP contribution is -2.10. The summed E-state index contributed by atoms with van der Waals surface area (Å²) >= 11 is 0. The number of hydrogen-bond donors (Lipinski definition) is 0. The third-order valence-corrected chi connectivity index (χ3v) is 3.34. The van der Waals surface area contributed by atoms with Gasteiger partial charge in [0.1, 0.15) is 17.9 Å². The van der Waals surface area contributed by atoms with Crippen molar-refractivity contribution in [2.24, 2.45) is 0 Å². The summed E-state index contributed by atoms with van der Waals surface area (Å²) < 4.78 is 5.14. The van der Waals surface area contributed by atoms with Crippen LogP contribution in [0.3, 0.4) is 0 Å². The van der Waals surface area contributed by atoms with Crippen LogP contribution in [0.1, 0.15) is 52.9 Å². The van der Waals surface area contributed by atoms with Crippen molar-refractivity contribution >= 4 is 5.78 Å². The highest BCUT2D eigenvalue weighted by Crippen LogP contribution is 2.24. The molecular weight excluding hydrogens is 250 g/mol. The zero-order valence-electron chi connectivity index (χ0n) is 11.9. The minimum Gasteiger partial charge on any atom is -0.469 e. The molecule has 102 valence electrons. The summed E-state index contributed by atoms with van der Waals surface area (Å²) in [4.78, 5) is 12.3. The zero-order valence-corrected chi connectivity index (χ0v) is 11.9. The molecule has 0 saturated heterocycles. The van der Waals surface area contributed by atoms with Crippen LogP contribution in [-0.2, 0) is 0 Å². The molecule has 0 N–H and O–H groups in total. The Bertz CT molecular complexity index is 644. The average Bonchev–Trinajstić information content (AvgIpc) is 2.86. The van der Waals surface area contributed by atoms with Gasteiger partial charge in [-0.15, -0.1) is 0 Å². The molecule has 0 bridgehead atoms. The van der Waals surface area contributed by atoms with Gasteiger partial charge in [-0.2, -0.15) is 5.26 Å². The Kier molecular flexibility index (Phi) is 4.05. The molecule has 2 rings (SSSR count). The minimum atomic E-state index is -0.784. The third-order valence-electron chi connectivity index (χ3n) is 3.34. The van der Waals surface area contributed by atoms with Gasteiger partial charge in [0.15, 0.2) is 5.78 Å².